The van der Waals surface area contributed by atoms with Gasteiger partial charge in [0.25, 0.3) is 0 Å². The third-order valence-electron chi connectivity index (χ3n) is 4.44. The van der Waals surface area contributed by atoms with E-state index >= 15 is 0 Å². The van der Waals surface area contributed by atoms with Crippen LogP contribution in [0.15, 0.2) is 18.2 Å². The zero-order valence-electron chi connectivity index (χ0n) is 12.1. The summed E-state index contributed by atoms with van der Waals surface area (Å²) in [7, 11) is 0. The minimum absolute atomic E-state index is 0.264. The minimum atomic E-state index is -0.359. The first kappa shape index (κ1) is 15.8. The monoisotopic (exact) mass is 313 g/mol. The van der Waals surface area contributed by atoms with Gasteiger partial charge in [-0.15, -0.1) is 0 Å². The molecule has 0 spiro atoms. The predicted molar refractivity (Wildman–Crippen MR) is 84.7 cm³/mol. The molecule has 0 saturated carbocycles. The van der Waals surface area contributed by atoms with Crippen LogP contribution in [-0.2, 0) is 11.2 Å². The quantitative estimate of drug-likeness (QED) is 0.804. The van der Waals surface area contributed by atoms with E-state index in [1.807, 2.05) is 6.07 Å². The highest BCUT2D eigenvalue weighted by Gasteiger charge is 2.38. The molecule has 0 aliphatic carbocycles. The first-order valence-electron chi connectivity index (χ1n) is 7.19. The van der Waals surface area contributed by atoms with Gasteiger partial charge in [-0.05, 0) is 57.0 Å². The maximum atomic E-state index is 12.7. The third-order valence-corrected chi connectivity index (χ3v) is 5.18. The number of hydrogen-bond donors (Lipinski definition) is 0. The Labute approximate surface area is 131 Å². The van der Waals surface area contributed by atoms with Crippen LogP contribution < -0.4 is 0 Å². The second-order valence-corrected chi connectivity index (χ2v) is 6.48. The zero-order chi connectivity index (χ0) is 14.8. The number of rotatable bonds is 5. The van der Waals surface area contributed by atoms with Crippen molar-refractivity contribution in [3.05, 3.63) is 33.8 Å². The van der Waals surface area contributed by atoms with E-state index in [0.717, 1.165) is 25.1 Å². The van der Waals surface area contributed by atoms with Crippen molar-refractivity contribution in [3.8, 4) is 0 Å². The van der Waals surface area contributed by atoms with Crippen LogP contribution in [0.3, 0.4) is 0 Å². The van der Waals surface area contributed by atoms with Crippen LogP contribution in [0.5, 0.6) is 0 Å². The Kier molecular flexibility index (Phi) is 5.11. The summed E-state index contributed by atoms with van der Waals surface area (Å²) in [6, 6.07) is 5.43. The van der Waals surface area contributed by atoms with Gasteiger partial charge in [0.05, 0.1) is 15.6 Å². The summed E-state index contributed by atoms with van der Waals surface area (Å²) < 4.78 is 0. The minimum Gasteiger partial charge on any atom is -0.297 e. The van der Waals surface area contributed by atoms with Gasteiger partial charge in [-0.3, -0.25) is 9.69 Å². The smallest absolute Gasteiger partial charge is 0.157 e. The number of carbonyl (C=O) groups is 1. The molecule has 2 rings (SSSR count). The molecule has 0 N–H and O–H groups in total. The van der Waals surface area contributed by atoms with Gasteiger partial charge in [0.15, 0.2) is 5.78 Å². The van der Waals surface area contributed by atoms with Crippen molar-refractivity contribution in [1.82, 2.24) is 4.90 Å². The van der Waals surface area contributed by atoms with Crippen molar-refractivity contribution in [2.45, 2.75) is 45.1 Å². The first-order valence-corrected chi connectivity index (χ1v) is 7.95. The van der Waals surface area contributed by atoms with Crippen LogP contribution in [0.4, 0.5) is 0 Å². The number of nitrogens with zero attached hydrogens (tertiary/aromatic N) is 1. The van der Waals surface area contributed by atoms with Gasteiger partial charge >= 0.3 is 0 Å². The van der Waals surface area contributed by atoms with Crippen molar-refractivity contribution in [2.75, 3.05) is 13.1 Å². The summed E-state index contributed by atoms with van der Waals surface area (Å²) in [5, 5.41) is 1.04. The van der Waals surface area contributed by atoms with E-state index < -0.39 is 0 Å². The summed E-state index contributed by atoms with van der Waals surface area (Å²) in [6.07, 6.45) is 3.64. The normalized spacial score (nSPS) is 19.0. The number of carbonyl (C=O) groups excluding carboxylic acids is 1. The number of Topliss-reactive ketones (excluding diaryl/α,β-unsaturated/α-hetero) is 1. The van der Waals surface area contributed by atoms with Crippen molar-refractivity contribution >= 4 is 29.0 Å². The summed E-state index contributed by atoms with van der Waals surface area (Å²) in [5.74, 6) is 0.264. The molecule has 0 radical (unpaired) electrons. The predicted octanol–water partition coefficient (Wildman–Crippen LogP) is 4.37. The molecule has 110 valence electrons. The highest BCUT2D eigenvalue weighted by Crippen LogP contribution is 2.28. The lowest BCUT2D eigenvalue weighted by Crippen LogP contribution is -2.51. The Bertz CT molecular complexity index is 497. The summed E-state index contributed by atoms with van der Waals surface area (Å²) in [4.78, 5) is 15.1. The van der Waals surface area contributed by atoms with Crippen LogP contribution in [-0.4, -0.2) is 29.3 Å². The maximum Gasteiger partial charge on any atom is 0.157 e. The van der Waals surface area contributed by atoms with E-state index in [-0.39, 0.29) is 11.3 Å². The number of likely N-dealkylation sites (tertiary alicyclic amines) is 1. The lowest BCUT2D eigenvalue weighted by Gasteiger charge is -2.36. The Morgan fingerprint density at radius 1 is 1.25 bits per heavy atom. The van der Waals surface area contributed by atoms with Crippen LogP contribution in [0.2, 0.25) is 10.0 Å². The molecule has 1 heterocycles. The molecular weight excluding hydrogens is 293 g/mol. The van der Waals surface area contributed by atoms with Crippen LogP contribution in [0.1, 0.15) is 38.7 Å². The molecule has 4 heteroatoms. The molecule has 1 atom stereocenters. The van der Waals surface area contributed by atoms with Crippen LogP contribution in [0.25, 0.3) is 0 Å². The molecular formula is C16H21Cl2NO. The molecule has 1 aliphatic rings. The fourth-order valence-corrected chi connectivity index (χ4v) is 3.15. The van der Waals surface area contributed by atoms with Crippen molar-refractivity contribution < 1.29 is 4.79 Å². The van der Waals surface area contributed by atoms with Crippen molar-refractivity contribution in [3.63, 3.8) is 0 Å². The standard InChI is InChI=1S/C16H21Cl2NO/c1-3-16(2,19-8-4-5-9-19)15(20)11-12-6-7-13(17)14(18)10-12/h6-7,10H,3-5,8-9,11H2,1-2H3. The van der Waals surface area contributed by atoms with Crippen molar-refractivity contribution in [2.24, 2.45) is 0 Å². The zero-order valence-corrected chi connectivity index (χ0v) is 13.6. The van der Waals surface area contributed by atoms with Crippen molar-refractivity contribution in [1.29, 1.82) is 0 Å². The van der Waals surface area contributed by atoms with E-state index in [4.69, 9.17) is 23.2 Å². The van der Waals surface area contributed by atoms with E-state index in [1.54, 1.807) is 12.1 Å². The van der Waals surface area contributed by atoms with Crippen LogP contribution in [0, 0.1) is 0 Å². The molecule has 1 aliphatic heterocycles. The lowest BCUT2D eigenvalue weighted by molar-refractivity contribution is -0.129. The fraction of sp³-hybridized carbons (Fsp3) is 0.562. The second-order valence-electron chi connectivity index (χ2n) is 5.67. The van der Waals surface area contributed by atoms with E-state index in [1.165, 1.54) is 12.8 Å². The molecule has 1 saturated heterocycles. The van der Waals surface area contributed by atoms with Gasteiger partial charge in [0, 0.05) is 6.42 Å². The van der Waals surface area contributed by atoms with Gasteiger partial charge in [-0.1, -0.05) is 36.2 Å². The number of ketones is 1. The average molecular weight is 314 g/mol. The number of hydrogen-bond acceptors (Lipinski definition) is 2. The second kappa shape index (κ2) is 6.46. The summed E-state index contributed by atoms with van der Waals surface area (Å²) in [5.41, 5.74) is 0.575. The largest absolute Gasteiger partial charge is 0.297 e. The molecule has 1 unspecified atom stereocenters. The Morgan fingerprint density at radius 3 is 2.45 bits per heavy atom. The SMILES string of the molecule is CCC(C)(C(=O)Cc1ccc(Cl)c(Cl)c1)N1CCCC1. The Balaban J connectivity index is 2.14. The summed E-state index contributed by atoms with van der Waals surface area (Å²) in [6.45, 7) is 6.21. The van der Waals surface area contributed by atoms with E-state index in [0.29, 0.717) is 16.5 Å². The van der Waals surface area contributed by atoms with Gasteiger partial charge in [-0.25, -0.2) is 0 Å². The fourth-order valence-electron chi connectivity index (χ4n) is 2.83. The molecule has 0 amide bonds. The van der Waals surface area contributed by atoms with Crippen LogP contribution >= 0.6 is 23.2 Å². The highest BCUT2D eigenvalue weighted by atomic mass is 35.5. The first-order chi connectivity index (χ1) is 9.47. The van der Waals surface area contributed by atoms with E-state index in [9.17, 15) is 4.79 Å². The van der Waals surface area contributed by atoms with Gasteiger partial charge < -0.3 is 0 Å². The molecule has 1 aromatic carbocycles. The highest BCUT2D eigenvalue weighted by molar-refractivity contribution is 6.42. The lowest BCUT2D eigenvalue weighted by atomic mass is 9.87. The van der Waals surface area contributed by atoms with Gasteiger partial charge in [-0.2, -0.15) is 0 Å². The number of benzene rings is 1. The van der Waals surface area contributed by atoms with Gasteiger partial charge in [0.1, 0.15) is 0 Å². The molecule has 20 heavy (non-hydrogen) atoms. The number of halogens is 2. The summed E-state index contributed by atoms with van der Waals surface area (Å²) >= 11 is 11.9. The topological polar surface area (TPSA) is 20.3 Å². The third kappa shape index (κ3) is 3.19. The van der Waals surface area contributed by atoms with Gasteiger partial charge in [0.2, 0.25) is 0 Å². The average Bonchev–Trinajstić information content (AvgIpc) is 2.96. The molecule has 0 aromatic heterocycles. The molecule has 1 aromatic rings. The Hall–Kier alpha value is -0.570. The maximum absolute atomic E-state index is 12.7. The van der Waals surface area contributed by atoms with E-state index in [2.05, 4.69) is 18.7 Å². The Morgan fingerprint density at radius 2 is 1.90 bits per heavy atom. The molecule has 0 bridgehead atoms. The molecule has 1 fully saturated rings. The molecule has 2 nitrogen and oxygen atoms in total.